The first-order chi connectivity index (χ1) is 25.3. The molecule has 5 nitrogen and oxygen atoms in total. The zero-order chi connectivity index (χ0) is 33.5. The minimum atomic E-state index is 0.609. The summed E-state index contributed by atoms with van der Waals surface area (Å²) in [5, 5.41) is 6.85. The van der Waals surface area contributed by atoms with E-state index in [9.17, 15) is 0 Å². The smallest absolute Gasteiger partial charge is 0.165 e. The molecule has 0 aliphatic carbocycles. The van der Waals surface area contributed by atoms with E-state index in [0.717, 1.165) is 72.3 Å². The molecule has 0 aliphatic rings. The van der Waals surface area contributed by atoms with Crippen molar-refractivity contribution in [1.82, 2.24) is 19.1 Å². The Morgan fingerprint density at radius 1 is 0.431 bits per heavy atom. The molecular weight excluding hydrogens is 625 g/mol. The van der Waals surface area contributed by atoms with Crippen LogP contribution in [0.5, 0.6) is 0 Å². The van der Waals surface area contributed by atoms with E-state index in [4.69, 9.17) is 14.4 Å². The summed E-state index contributed by atoms with van der Waals surface area (Å²) in [4.78, 5) is 10.7. The number of furan rings is 1. The van der Waals surface area contributed by atoms with Crippen molar-refractivity contribution in [3.8, 4) is 34.2 Å². The highest BCUT2D eigenvalue weighted by Crippen LogP contribution is 2.42. The van der Waals surface area contributed by atoms with Crippen LogP contribution in [0.4, 0.5) is 0 Å². The third-order valence-corrected chi connectivity index (χ3v) is 10.1. The van der Waals surface area contributed by atoms with Gasteiger partial charge in [0.2, 0.25) is 0 Å². The van der Waals surface area contributed by atoms with Crippen molar-refractivity contribution in [2.45, 2.75) is 0 Å². The number of nitrogens with zero attached hydrogens (tertiary/aromatic N) is 4. The highest BCUT2D eigenvalue weighted by atomic mass is 16.3. The predicted octanol–water partition coefficient (Wildman–Crippen LogP) is 11.9. The number of para-hydroxylation sites is 5. The predicted molar refractivity (Wildman–Crippen MR) is 209 cm³/mol. The van der Waals surface area contributed by atoms with Gasteiger partial charge in [-0.3, -0.25) is 4.57 Å². The lowest BCUT2D eigenvalue weighted by atomic mass is 10.1. The summed E-state index contributed by atoms with van der Waals surface area (Å²) in [6.45, 7) is 0. The summed E-state index contributed by atoms with van der Waals surface area (Å²) in [6.07, 6.45) is 0. The molecule has 0 saturated heterocycles. The van der Waals surface area contributed by atoms with Gasteiger partial charge < -0.3 is 8.98 Å². The van der Waals surface area contributed by atoms with Crippen LogP contribution >= 0.6 is 0 Å². The van der Waals surface area contributed by atoms with Crippen molar-refractivity contribution in [1.29, 1.82) is 0 Å². The summed E-state index contributed by atoms with van der Waals surface area (Å²) < 4.78 is 11.3. The van der Waals surface area contributed by atoms with Crippen LogP contribution < -0.4 is 0 Å². The molecular formula is C46H28N4O. The second-order valence-electron chi connectivity index (χ2n) is 13.0. The van der Waals surface area contributed by atoms with Crippen molar-refractivity contribution in [3.05, 3.63) is 170 Å². The molecule has 0 spiro atoms. The number of fused-ring (bicyclic) bond motifs is 10. The lowest BCUT2D eigenvalue weighted by Crippen LogP contribution is -2.04. The zero-order valence-electron chi connectivity index (χ0n) is 27.4. The van der Waals surface area contributed by atoms with Crippen molar-refractivity contribution in [2.24, 2.45) is 0 Å². The second-order valence-corrected chi connectivity index (χ2v) is 13.0. The minimum absolute atomic E-state index is 0.609. The maximum Gasteiger partial charge on any atom is 0.165 e. The second kappa shape index (κ2) is 10.8. The zero-order valence-corrected chi connectivity index (χ0v) is 27.4. The SMILES string of the molecule is c1ccc(-c2cc(-n3c4ccccc4c4ccc5c6ccccc6n(-c6ccccc6)c5c43)nc(-c3cccc4c3oc3ccccc34)n2)cc1. The number of aromatic nitrogens is 4. The van der Waals surface area contributed by atoms with Gasteiger partial charge in [-0.1, -0.05) is 127 Å². The summed E-state index contributed by atoms with van der Waals surface area (Å²) in [6, 6.07) is 59.4. The van der Waals surface area contributed by atoms with Gasteiger partial charge in [-0.05, 0) is 36.4 Å². The molecule has 0 fully saturated rings. The molecule has 238 valence electrons. The lowest BCUT2D eigenvalue weighted by molar-refractivity contribution is 0.669. The number of rotatable bonds is 4. The van der Waals surface area contributed by atoms with E-state index in [1.807, 2.05) is 24.3 Å². The van der Waals surface area contributed by atoms with E-state index in [1.165, 1.54) is 21.5 Å². The molecule has 11 rings (SSSR count). The fourth-order valence-corrected chi connectivity index (χ4v) is 7.93. The quantitative estimate of drug-likeness (QED) is 0.190. The number of benzene rings is 7. The Balaban J connectivity index is 1.30. The Hall–Kier alpha value is -6.98. The first kappa shape index (κ1) is 27.9. The van der Waals surface area contributed by atoms with E-state index in [0.29, 0.717) is 5.82 Å². The average molecular weight is 653 g/mol. The van der Waals surface area contributed by atoms with Gasteiger partial charge in [0, 0.05) is 49.6 Å². The van der Waals surface area contributed by atoms with Gasteiger partial charge >= 0.3 is 0 Å². The normalized spacial score (nSPS) is 11.9. The topological polar surface area (TPSA) is 48.8 Å². The lowest BCUT2D eigenvalue weighted by Gasteiger charge is -2.14. The Morgan fingerprint density at radius 2 is 1.02 bits per heavy atom. The summed E-state index contributed by atoms with van der Waals surface area (Å²) in [7, 11) is 0. The third kappa shape index (κ3) is 4.09. The van der Waals surface area contributed by atoms with E-state index in [-0.39, 0.29) is 0 Å². The molecule has 0 aliphatic heterocycles. The standard InChI is InChI=1S/C46H28N4O/c1-3-14-29(15-4-1)38-28-42(48-46(47-38)37-22-13-21-36-33-20-9-12-25-41(33)51-45(36)37)50-40-24-11-8-19-32(40)35-27-26-34-31-18-7-10-23-39(31)49(43(34)44(35)50)30-16-5-2-6-17-30/h1-28H. The Labute approximate surface area is 292 Å². The molecule has 0 amide bonds. The molecule has 0 radical (unpaired) electrons. The Bertz CT molecular complexity index is 3130. The first-order valence-electron chi connectivity index (χ1n) is 17.2. The van der Waals surface area contributed by atoms with E-state index >= 15 is 0 Å². The van der Waals surface area contributed by atoms with Crippen LogP contribution in [-0.4, -0.2) is 19.1 Å². The highest BCUT2D eigenvalue weighted by Gasteiger charge is 2.23. The van der Waals surface area contributed by atoms with Crippen LogP contribution in [0, 0.1) is 0 Å². The monoisotopic (exact) mass is 652 g/mol. The molecule has 7 aromatic carbocycles. The largest absolute Gasteiger partial charge is 0.455 e. The minimum Gasteiger partial charge on any atom is -0.455 e. The van der Waals surface area contributed by atoms with Gasteiger partial charge in [-0.15, -0.1) is 0 Å². The molecule has 0 saturated carbocycles. The molecule has 5 heteroatoms. The van der Waals surface area contributed by atoms with Crippen LogP contribution in [0.15, 0.2) is 174 Å². The Morgan fingerprint density at radius 3 is 1.76 bits per heavy atom. The number of hydrogen-bond donors (Lipinski definition) is 0. The maximum atomic E-state index is 6.52. The number of hydrogen-bond acceptors (Lipinski definition) is 3. The maximum absolute atomic E-state index is 6.52. The molecule has 0 unspecified atom stereocenters. The molecule has 4 heterocycles. The summed E-state index contributed by atoms with van der Waals surface area (Å²) in [5.74, 6) is 1.40. The van der Waals surface area contributed by atoms with Crippen LogP contribution in [0.1, 0.15) is 0 Å². The van der Waals surface area contributed by atoms with Crippen molar-refractivity contribution >= 4 is 65.6 Å². The van der Waals surface area contributed by atoms with E-state index < -0.39 is 0 Å². The highest BCUT2D eigenvalue weighted by molar-refractivity contribution is 6.23. The van der Waals surface area contributed by atoms with Gasteiger partial charge in [0.15, 0.2) is 5.82 Å². The van der Waals surface area contributed by atoms with Crippen LogP contribution in [0.25, 0.3) is 99.7 Å². The van der Waals surface area contributed by atoms with Crippen LogP contribution in [0.2, 0.25) is 0 Å². The molecule has 0 bridgehead atoms. The van der Waals surface area contributed by atoms with E-state index in [1.54, 1.807) is 0 Å². The van der Waals surface area contributed by atoms with Crippen molar-refractivity contribution in [3.63, 3.8) is 0 Å². The summed E-state index contributed by atoms with van der Waals surface area (Å²) in [5.41, 5.74) is 9.92. The molecule has 51 heavy (non-hydrogen) atoms. The van der Waals surface area contributed by atoms with Crippen LogP contribution in [-0.2, 0) is 0 Å². The fraction of sp³-hybridized carbons (Fsp3) is 0. The fourth-order valence-electron chi connectivity index (χ4n) is 7.93. The third-order valence-electron chi connectivity index (χ3n) is 10.1. The van der Waals surface area contributed by atoms with Crippen molar-refractivity contribution in [2.75, 3.05) is 0 Å². The van der Waals surface area contributed by atoms with Gasteiger partial charge in [0.25, 0.3) is 0 Å². The average Bonchev–Trinajstić information content (AvgIpc) is 3.86. The van der Waals surface area contributed by atoms with Gasteiger partial charge in [-0.2, -0.15) is 0 Å². The van der Waals surface area contributed by atoms with Gasteiger partial charge in [-0.25, -0.2) is 9.97 Å². The first-order valence-corrected chi connectivity index (χ1v) is 17.2. The van der Waals surface area contributed by atoms with Gasteiger partial charge in [0.1, 0.15) is 17.0 Å². The molecule has 11 aromatic rings. The van der Waals surface area contributed by atoms with Crippen molar-refractivity contribution < 1.29 is 4.42 Å². The Kier molecular flexibility index (Phi) is 5.89. The summed E-state index contributed by atoms with van der Waals surface area (Å²) >= 11 is 0. The van der Waals surface area contributed by atoms with Crippen LogP contribution in [0.3, 0.4) is 0 Å². The molecule has 0 atom stereocenters. The van der Waals surface area contributed by atoms with E-state index in [2.05, 4.69) is 155 Å². The molecule has 4 aromatic heterocycles. The molecule has 0 N–H and O–H groups in total. The van der Waals surface area contributed by atoms with Gasteiger partial charge in [0.05, 0.1) is 33.3 Å².